The molecular formula is C17H25F2N. The number of allylic oxidation sites excluding steroid dienone is 2. The summed E-state index contributed by atoms with van der Waals surface area (Å²) >= 11 is 0. The summed E-state index contributed by atoms with van der Waals surface area (Å²) in [6.45, 7) is 5.54. The largest absolute Gasteiger partial charge is 0.309 e. The third-order valence-electron chi connectivity index (χ3n) is 2.66. The SMILES string of the molecule is CC.CC/C=C(\C=C/CF)C(NC)c1ccc(F)cc1. The van der Waals surface area contributed by atoms with Gasteiger partial charge in [-0.3, -0.25) is 0 Å². The monoisotopic (exact) mass is 281 g/mol. The first-order valence-corrected chi connectivity index (χ1v) is 7.08. The molecule has 0 aliphatic carbocycles. The van der Waals surface area contributed by atoms with Gasteiger partial charge in [0.1, 0.15) is 12.5 Å². The van der Waals surface area contributed by atoms with E-state index in [1.54, 1.807) is 18.2 Å². The first-order valence-electron chi connectivity index (χ1n) is 7.08. The smallest absolute Gasteiger partial charge is 0.123 e. The molecule has 0 fully saturated rings. The fourth-order valence-electron chi connectivity index (χ4n) is 1.88. The predicted octanol–water partition coefficient (Wildman–Crippen LogP) is 4.97. The zero-order chi connectivity index (χ0) is 15.4. The van der Waals surface area contributed by atoms with Crippen LogP contribution in [0.1, 0.15) is 38.8 Å². The summed E-state index contributed by atoms with van der Waals surface area (Å²) < 4.78 is 25.1. The van der Waals surface area contributed by atoms with Gasteiger partial charge in [-0.05, 0) is 36.7 Å². The van der Waals surface area contributed by atoms with Gasteiger partial charge in [0.15, 0.2) is 0 Å². The van der Waals surface area contributed by atoms with Gasteiger partial charge >= 0.3 is 0 Å². The molecule has 0 amide bonds. The van der Waals surface area contributed by atoms with Crippen molar-refractivity contribution in [2.75, 3.05) is 13.7 Å². The van der Waals surface area contributed by atoms with Crippen molar-refractivity contribution in [3.05, 3.63) is 59.4 Å². The lowest BCUT2D eigenvalue weighted by atomic mass is 9.97. The van der Waals surface area contributed by atoms with Crippen molar-refractivity contribution in [1.82, 2.24) is 5.32 Å². The molecule has 1 atom stereocenters. The maximum atomic E-state index is 12.9. The molecule has 1 nitrogen and oxygen atoms in total. The van der Waals surface area contributed by atoms with Gasteiger partial charge < -0.3 is 5.32 Å². The molecule has 112 valence electrons. The Balaban J connectivity index is 0.00000172. The van der Waals surface area contributed by atoms with Crippen molar-refractivity contribution in [3.8, 4) is 0 Å². The molecule has 0 saturated heterocycles. The van der Waals surface area contributed by atoms with Crippen LogP contribution in [0.2, 0.25) is 0 Å². The molecule has 1 N–H and O–H groups in total. The number of hydrogen-bond donors (Lipinski definition) is 1. The second-order valence-electron chi connectivity index (χ2n) is 3.94. The summed E-state index contributed by atoms with van der Waals surface area (Å²) in [6.07, 6.45) is 6.16. The molecule has 0 spiro atoms. The molecule has 3 heteroatoms. The second-order valence-corrected chi connectivity index (χ2v) is 3.94. The van der Waals surface area contributed by atoms with Crippen molar-refractivity contribution in [3.63, 3.8) is 0 Å². The quantitative estimate of drug-likeness (QED) is 0.726. The molecule has 20 heavy (non-hydrogen) atoms. The van der Waals surface area contributed by atoms with Gasteiger partial charge in [-0.15, -0.1) is 0 Å². The van der Waals surface area contributed by atoms with Gasteiger partial charge in [0.05, 0.1) is 6.04 Å². The Hall–Kier alpha value is -1.48. The molecule has 0 heterocycles. The van der Waals surface area contributed by atoms with Crippen molar-refractivity contribution >= 4 is 0 Å². The van der Waals surface area contributed by atoms with Crippen LogP contribution in [0.5, 0.6) is 0 Å². The Morgan fingerprint density at radius 2 is 1.85 bits per heavy atom. The summed E-state index contributed by atoms with van der Waals surface area (Å²) in [6, 6.07) is 6.30. The topological polar surface area (TPSA) is 12.0 Å². The summed E-state index contributed by atoms with van der Waals surface area (Å²) in [5.74, 6) is -0.256. The zero-order valence-corrected chi connectivity index (χ0v) is 12.8. The van der Waals surface area contributed by atoms with Crippen molar-refractivity contribution in [2.24, 2.45) is 0 Å². The van der Waals surface area contributed by atoms with E-state index < -0.39 is 6.67 Å². The van der Waals surface area contributed by atoms with E-state index >= 15 is 0 Å². The van der Waals surface area contributed by atoms with Gasteiger partial charge in [-0.1, -0.05) is 51.1 Å². The standard InChI is InChI=1S/C15H19F2N.C2H6/c1-3-5-12(6-4-11-16)15(18-2)13-7-9-14(17)10-8-13;1-2/h4-10,15,18H,3,11H2,1-2H3;1-2H3/b6-4-,12-5+;. The molecule has 0 aliphatic heterocycles. The van der Waals surface area contributed by atoms with E-state index in [0.717, 1.165) is 17.6 Å². The van der Waals surface area contributed by atoms with Crippen LogP contribution >= 0.6 is 0 Å². The zero-order valence-electron chi connectivity index (χ0n) is 12.8. The maximum absolute atomic E-state index is 12.9. The van der Waals surface area contributed by atoms with E-state index in [-0.39, 0.29) is 11.9 Å². The molecule has 1 unspecified atom stereocenters. The molecule has 1 aromatic carbocycles. The predicted molar refractivity (Wildman–Crippen MR) is 83.0 cm³/mol. The van der Waals surface area contributed by atoms with Gasteiger partial charge in [0.2, 0.25) is 0 Å². The first-order chi connectivity index (χ1) is 9.72. The molecule has 0 aromatic heterocycles. The van der Waals surface area contributed by atoms with Crippen molar-refractivity contribution in [2.45, 2.75) is 33.2 Å². The lowest BCUT2D eigenvalue weighted by molar-refractivity contribution is 0.561. The van der Waals surface area contributed by atoms with Gasteiger partial charge in [0.25, 0.3) is 0 Å². The summed E-state index contributed by atoms with van der Waals surface area (Å²) in [7, 11) is 1.83. The Morgan fingerprint density at radius 1 is 1.25 bits per heavy atom. The van der Waals surface area contributed by atoms with Crippen molar-refractivity contribution in [1.29, 1.82) is 0 Å². The van der Waals surface area contributed by atoms with Crippen LogP contribution in [0.4, 0.5) is 8.78 Å². The summed E-state index contributed by atoms with van der Waals surface area (Å²) in [4.78, 5) is 0. The highest BCUT2D eigenvalue weighted by molar-refractivity contribution is 5.34. The molecule has 0 saturated carbocycles. The van der Waals surface area contributed by atoms with E-state index in [9.17, 15) is 8.78 Å². The minimum absolute atomic E-state index is 0.0478. The highest BCUT2D eigenvalue weighted by atomic mass is 19.1. The molecule has 1 aromatic rings. The molecular weight excluding hydrogens is 256 g/mol. The lowest BCUT2D eigenvalue weighted by Crippen LogP contribution is -2.18. The first kappa shape index (κ1) is 18.5. The Bertz CT molecular complexity index is 408. The fourth-order valence-corrected chi connectivity index (χ4v) is 1.88. The highest BCUT2D eigenvalue weighted by Gasteiger charge is 2.12. The third-order valence-corrected chi connectivity index (χ3v) is 2.66. The second kappa shape index (κ2) is 11.4. The fraction of sp³-hybridized carbons (Fsp3) is 0.412. The lowest BCUT2D eigenvalue weighted by Gasteiger charge is -2.18. The van der Waals surface area contributed by atoms with Crippen LogP contribution < -0.4 is 5.32 Å². The number of halogens is 2. The Kier molecular flexibility index (Phi) is 10.5. The number of alkyl halides is 1. The molecule has 0 radical (unpaired) electrons. The number of rotatable bonds is 6. The Labute approximate surface area is 121 Å². The average Bonchev–Trinajstić information content (AvgIpc) is 2.49. The molecule has 1 rings (SSSR count). The number of likely N-dealkylation sites (N-methyl/N-ethyl adjacent to an activating group) is 1. The summed E-state index contributed by atoms with van der Waals surface area (Å²) in [5.41, 5.74) is 1.95. The molecule has 0 bridgehead atoms. The highest BCUT2D eigenvalue weighted by Crippen LogP contribution is 2.23. The van der Waals surface area contributed by atoms with Gasteiger partial charge in [0, 0.05) is 0 Å². The number of hydrogen-bond acceptors (Lipinski definition) is 1. The van der Waals surface area contributed by atoms with E-state index in [4.69, 9.17) is 0 Å². The number of nitrogens with one attached hydrogen (secondary N) is 1. The maximum Gasteiger partial charge on any atom is 0.123 e. The minimum atomic E-state index is -0.485. The van der Waals surface area contributed by atoms with E-state index in [1.165, 1.54) is 18.2 Å². The van der Waals surface area contributed by atoms with E-state index in [2.05, 4.69) is 5.32 Å². The number of benzene rings is 1. The summed E-state index contributed by atoms with van der Waals surface area (Å²) in [5, 5.41) is 3.17. The van der Waals surface area contributed by atoms with Gasteiger partial charge in [-0.2, -0.15) is 0 Å². The van der Waals surface area contributed by atoms with Gasteiger partial charge in [-0.25, -0.2) is 8.78 Å². The van der Waals surface area contributed by atoms with Crippen LogP contribution in [0, 0.1) is 5.82 Å². The average molecular weight is 281 g/mol. The normalized spacial score (nSPS) is 13.0. The third kappa shape index (κ3) is 6.11. The van der Waals surface area contributed by atoms with Crippen LogP contribution in [0.15, 0.2) is 48.1 Å². The Morgan fingerprint density at radius 3 is 2.30 bits per heavy atom. The van der Waals surface area contributed by atoms with E-state index in [0.29, 0.717) is 0 Å². The van der Waals surface area contributed by atoms with E-state index in [1.807, 2.05) is 33.9 Å². The molecule has 0 aliphatic rings. The van der Waals surface area contributed by atoms with Crippen LogP contribution in [-0.4, -0.2) is 13.7 Å². The van der Waals surface area contributed by atoms with Crippen LogP contribution in [0.25, 0.3) is 0 Å². The minimum Gasteiger partial charge on any atom is -0.309 e. The van der Waals surface area contributed by atoms with Crippen LogP contribution in [0.3, 0.4) is 0 Å². The van der Waals surface area contributed by atoms with Crippen LogP contribution in [-0.2, 0) is 0 Å². The van der Waals surface area contributed by atoms with Crippen molar-refractivity contribution < 1.29 is 8.78 Å².